The van der Waals surface area contributed by atoms with Gasteiger partial charge in [0.25, 0.3) is 0 Å². The number of hydrogen-bond donors (Lipinski definition) is 0. The van der Waals surface area contributed by atoms with E-state index in [1.807, 2.05) is 0 Å². The molecule has 0 nitrogen and oxygen atoms in total. The highest BCUT2D eigenvalue weighted by Gasteiger charge is 2.53. The van der Waals surface area contributed by atoms with Crippen molar-refractivity contribution in [2.24, 2.45) is 0 Å². The molecular weight excluding hydrogens is 663 g/mol. The van der Waals surface area contributed by atoms with E-state index in [0.29, 0.717) is 0 Å². The first-order valence-electron chi connectivity index (χ1n) is 11.9. The summed E-state index contributed by atoms with van der Waals surface area (Å²) in [6.45, 7) is 0. The van der Waals surface area contributed by atoms with Crippen LogP contribution in [0.2, 0.25) is 0 Å². The maximum Gasteiger partial charge on any atom is 0.200 e. The quantitative estimate of drug-likeness (QED) is 0.0640. The summed E-state index contributed by atoms with van der Waals surface area (Å²) in [7, 11) is -3.81. The molecule has 0 saturated heterocycles. The zero-order chi connectivity index (χ0) is 33.3. The van der Waals surface area contributed by atoms with Gasteiger partial charge >= 0.3 is 0 Å². The Morgan fingerprint density at radius 1 is 0.356 bits per heavy atom. The summed E-state index contributed by atoms with van der Waals surface area (Å²) in [6, 6.07) is 0. The van der Waals surface area contributed by atoms with Gasteiger partial charge in [0.1, 0.15) is 40.8 Å². The molecule has 0 bridgehead atoms. The SMILES string of the molecule is Fc1c(F)c(F)c([B-](c2c(F)c(F)c(F)c(F)c2F)(c2c(F)c(F)c(F)c(F)c2F)P(C2=C=CC=C2)C2=C=CC=C2)c(F)c1F. The van der Waals surface area contributed by atoms with Crippen LogP contribution in [0.5, 0.6) is 0 Å². The van der Waals surface area contributed by atoms with E-state index in [0.717, 1.165) is 36.5 Å². The molecule has 0 N–H and O–H groups in total. The Morgan fingerprint density at radius 2 is 0.578 bits per heavy atom. The Hall–Kier alpha value is -4.38. The topological polar surface area (TPSA) is 0 Å². The minimum atomic E-state index is -5.80. The number of rotatable bonds is 6. The van der Waals surface area contributed by atoms with E-state index in [-0.39, 0.29) is 0 Å². The van der Waals surface area contributed by atoms with Gasteiger partial charge in [0.05, 0.1) is 0 Å². The predicted octanol–water partition coefficient (Wildman–Crippen LogP) is 7.44. The van der Waals surface area contributed by atoms with Crippen LogP contribution in [0, 0.1) is 87.3 Å². The molecule has 0 unspecified atom stereocenters. The lowest BCUT2D eigenvalue weighted by atomic mass is 9.33. The monoisotopic (exact) mass is 669 g/mol. The van der Waals surface area contributed by atoms with Gasteiger partial charge in [-0.1, -0.05) is 12.2 Å². The van der Waals surface area contributed by atoms with Crippen LogP contribution in [0.1, 0.15) is 0 Å². The minimum Gasteiger partial charge on any atom is -0.207 e. The highest BCUT2D eigenvalue weighted by molar-refractivity contribution is 8.06. The molecule has 0 amide bonds. The van der Waals surface area contributed by atoms with Gasteiger partial charge in [0, 0.05) is 0 Å². The van der Waals surface area contributed by atoms with E-state index in [1.54, 1.807) is 0 Å². The third-order valence-electron chi connectivity index (χ3n) is 7.05. The van der Waals surface area contributed by atoms with Gasteiger partial charge < -0.3 is 0 Å². The van der Waals surface area contributed by atoms with Gasteiger partial charge in [-0.25, -0.2) is 65.9 Å². The fourth-order valence-corrected chi connectivity index (χ4v) is 8.74. The molecule has 5 rings (SSSR count). The van der Waals surface area contributed by atoms with Crippen molar-refractivity contribution in [3.8, 4) is 0 Å². The van der Waals surface area contributed by atoms with E-state index < -0.39 is 128 Å². The summed E-state index contributed by atoms with van der Waals surface area (Å²) in [4.78, 5) is 0. The summed E-state index contributed by atoms with van der Waals surface area (Å²) in [5.41, 5.74) is -3.41. The van der Waals surface area contributed by atoms with Crippen molar-refractivity contribution < 1.29 is 65.9 Å². The van der Waals surface area contributed by atoms with Crippen LogP contribution < -0.4 is 16.4 Å². The van der Waals surface area contributed by atoms with E-state index >= 15 is 26.3 Å². The number of benzene rings is 3. The summed E-state index contributed by atoms with van der Waals surface area (Å²) >= 11 is 0. The zero-order valence-electron chi connectivity index (χ0n) is 21.2. The molecule has 3 aromatic rings. The Labute approximate surface area is 242 Å². The lowest BCUT2D eigenvalue weighted by Crippen LogP contribution is -2.72. The molecule has 2 aliphatic carbocycles. The molecule has 2 aliphatic rings. The molecule has 0 saturated carbocycles. The van der Waals surface area contributed by atoms with Crippen molar-refractivity contribution in [3.63, 3.8) is 0 Å². The first-order valence-corrected chi connectivity index (χ1v) is 13.3. The van der Waals surface area contributed by atoms with E-state index in [1.165, 1.54) is 0 Å². The van der Waals surface area contributed by atoms with Crippen LogP contribution in [-0.4, -0.2) is 5.87 Å². The Bertz CT molecular complexity index is 1760. The van der Waals surface area contributed by atoms with Gasteiger partial charge in [-0.3, -0.25) is 0 Å². The molecule has 3 aromatic carbocycles. The average Bonchev–Trinajstić information content (AvgIpc) is 3.75. The Balaban J connectivity index is 2.29. The van der Waals surface area contributed by atoms with Crippen LogP contribution in [0.4, 0.5) is 65.9 Å². The van der Waals surface area contributed by atoms with Crippen molar-refractivity contribution in [1.29, 1.82) is 0 Å². The van der Waals surface area contributed by atoms with E-state index in [4.69, 9.17) is 0 Å². The zero-order valence-corrected chi connectivity index (χ0v) is 22.1. The number of halogens is 15. The molecule has 232 valence electrons. The molecule has 0 atom stereocenters. The van der Waals surface area contributed by atoms with Crippen LogP contribution >= 0.6 is 7.80 Å². The Morgan fingerprint density at radius 3 is 0.778 bits per heavy atom. The molecule has 0 aromatic heterocycles. The van der Waals surface area contributed by atoms with Crippen LogP contribution in [-0.2, 0) is 0 Å². The third kappa shape index (κ3) is 4.34. The van der Waals surface area contributed by atoms with Gasteiger partial charge in [-0.05, 0) is 34.9 Å². The minimum absolute atomic E-state index is 0.704. The lowest BCUT2D eigenvalue weighted by Gasteiger charge is -2.50. The second kappa shape index (κ2) is 11.2. The second-order valence-electron chi connectivity index (χ2n) is 9.25. The van der Waals surface area contributed by atoms with Crippen LogP contribution in [0.25, 0.3) is 0 Å². The fourth-order valence-electron chi connectivity index (χ4n) is 5.27. The number of allylic oxidation sites excluding steroid dienone is 6. The first kappa shape index (κ1) is 32.0. The van der Waals surface area contributed by atoms with Gasteiger partial charge in [-0.15, -0.1) is 27.9 Å². The number of hydrogen-bond acceptors (Lipinski definition) is 0. The molecule has 0 heterocycles. The van der Waals surface area contributed by atoms with Crippen molar-refractivity contribution in [3.05, 3.63) is 146 Å². The van der Waals surface area contributed by atoms with E-state index in [9.17, 15) is 39.5 Å². The normalized spacial score (nSPS) is 14.0. The first-order chi connectivity index (χ1) is 21.1. The fraction of sp³-hybridized carbons (Fsp3) is 0. The molecule has 0 aliphatic heterocycles. The van der Waals surface area contributed by atoms with Crippen molar-refractivity contribution >= 4 is 30.1 Å². The van der Waals surface area contributed by atoms with Crippen molar-refractivity contribution in [1.82, 2.24) is 0 Å². The summed E-state index contributed by atoms with van der Waals surface area (Å²) < 4.78 is 227. The summed E-state index contributed by atoms with van der Waals surface area (Å²) in [5, 5.41) is -1.41. The smallest absolute Gasteiger partial charge is 0.200 e. The predicted molar refractivity (Wildman–Crippen MR) is 132 cm³/mol. The van der Waals surface area contributed by atoms with Gasteiger partial charge in [0.15, 0.2) is 52.4 Å². The molecule has 17 heteroatoms. The molecule has 0 fully saturated rings. The maximum absolute atomic E-state index is 15.9. The van der Waals surface area contributed by atoms with Crippen LogP contribution in [0.15, 0.2) is 58.5 Å². The van der Waals surface area contributed by atoms with Gasteiger partial charge in [-0.2, -0.15) is 7.80 Å². The van der Waals surface area contributed by atoms with Crippen molar-refractivity contribution in [2.75, 3.05) is 0 Å². The molecule has 0 radical (unpaired) electrons. The Kier molecular flexibility index (Phi) is 7.98. The molecular formula is C28H6BF15P-. The maximum atomic E-state index is 15.9. The van der Waals surface area contributed by atoms with Crippen molar-refractivity contribution in [2.45, 2.75) is 0 Å². The molecule has 0 spiro atoms. The van der Waals surface area contributed by atoms with Crippen LogP contribution in [0.3, 0.4) is 0 Å². The second-order valence-corrected chi connectivity index (χ2v) is 11.7. The standard InChI is InChI=1S/C28H6BF15P/c30-14-11(15(31)21(37)26(42)20(14)36)29(12-16(32)22(38)27(43)23(39)17(12)33,13-18(34)24(40)28(44)25(41)19(13)35)45(9-5-1-2-6-9)10-7-3-4-8-10/h1-5,7H/q-1. The van der Waals surface area contributed by atoms with Gasteiger partial charge in [0.2, 0.25) is 0 Å². The summed E-state index contributed by atoms with van der Waals surface area (Å²) in [6.07, 6.45) is 5.53. The largest absolute Gasteiger partial charge is 0.207 e. The molecule has 45 heavy (non-hydrogen) atoms. The lowest BCUT2D eigenvalue weighted by molar-refractivity contribution is 0.380. The average molecular weight is 669 g/mol. The van der Waals surface area contributed by atoms with E-state index in [2.05, 4.69) is 11.5 Å². The third-order valence-corrected chi connectivity index (χ3v) is 10.2. The highest BCUT2D eigenvalue weighted by Crippen LogP contribution is 2.61. The summed E-state index contributed by atoms with van der Waals surface area (Å²) in [5.74, 6) is -51.3. The highest BCUT2D eigenvalue weighted by atomic mass is 31.1.